The third-order valence-electron chi connectivity index (χ3n) is 2.78. The van der Waals surface area contributed by atoms with Crippen LogP contribution in [0.4, 0.5) is 23.2 Å². The van der Waals surface area contributed by atoms with Crippen molar-refractivity contribution in [2.45, 2.75) is 6.18 Å². The van der Waals surface area contributed by atoms with Gasteiger partial charge in [0.1, 0.15) is 0 Å². The molecule has 0 aliphatic heterocycles. The second-order valence-corrected chi connectivity index (χ2v) is 4.30. The Balaban J connectivity index is 2.48. The van der Waals surface area contributed by atoms with Crippen molar-refractivity contribution < 1.29 is 27.5 Å². The Hall–Kier alpha value is -2.70. The maximum atomic E-state index is 13.9. The average molecular weight is 311 g/mol. The molecule has 0 radical (unpaired) electrons. The van der Waals surface area contributed by atoms with Crippen LogP contribution >= 0.6 is 0 Å². The summed E-state index contributed by atoms with van der Waals surface area (Å²) in [6.45, 7) is 0. The molecule has 2 aromatic rings. The highest BCUT2D eigenvalue weighted by molar-refractivity contribution is 5.95. The highest BCUT2D eigenvalue weighted by Gasteiger charge is 2.35. The maximum absolute atomic E-state index is 13.9. The zero-order valence-corrected chi connectivity index (χ0v) is 10.9. The third kappa shape index (κ3) is 3.49. The van der Waals surface area contributed by atoms with E-state index in [4.69, 9.17) is 5.11 Å². The monoisotopic (exact) mass is 311 g/mol. The molecule has 0 saturated heterocycles. The molecule has 114 valence electrons. The van der Waals surface area contributed by atoms with Gasteiger partial charge in [0, 0.05) is 5.56 Å². The lowest BCUT2D eigenvalue weighted by Crippen LogP contribution is -2.12. The average Bonchev–Trinajstić information content (AvgIpc) is 2.47. The van der Waals surface area contributed by atoms with Gasteiger partial charge in [-0.25, -0.2) is 9.79 Å². The van der Waals surface area contributed by atoms with Gasteiger partial charge in [0.25, 0.3) is 0 Å². The molecule has 22 heavy (non-hydrogen) atoms. The van der Waals surface area contributed by atoms with E-state index in [1.165, 1.54) is 12.1 Å². The molecular weight excluding hydrogens is 302 g/mol. The van der Waals surface area contributed by atoms with Crippen LogP contribution in [0, 0.1) is 0 Å². The summed E-state index contributed by atoms with van der Waals surface area (Å²) in [6.07, 6.45) is -4.87. The quantitative estimate of drug-likeness (QED) is 0.672. The lowest BCUT2D eigenvalue weighted by molar-refractivity contribution is -0.138. The van der Waals surface area contributed by atoms with Crippen molar-refractivity contribution in [1.82, 2.24) is 0 Å². The van der Waals surface area contributed by atoms with Crippen LogP contribution in [0.25, 0.3) is 0 Å². The zero-order chi connectivity index (χ0) is 16.3. The van der Waals surface area contributed by atoms with E-state index < -0.39 is 29.2 Å². The summed E-state index contributed by atoms with van der Waals surface area (Å²) in [6, 6.07) is 9.86. The number of carboxylic acid groups (broad SMARTS) is 1. The van der Waals surface area contributed by atoms with Gasteiger partial charge in [-0.3, -0.25) is 0 Å². The van der Waals surface area contributed by atoms with Crippen molar-refractivity contribution in [2.24, 2.45) is 4.99 Å². The fourth-order valence-electron chi connectivity index (χ4n) is 1.78. The summed E-state index contributed by atoms with van der Waals surface area (Å²) < 4.78 is 52.4. The van der Waals surface area contributed by atoms with Crippen molar-refractivity contribution in [3.05, 3.63) is 65.2 Å². The molecule has 0 amide bonds. The minimum absolute atomic E-state index is 0.110. The van der Waals surface area contributed by atoms with Gasteiger partial charge in [-0.15, -0.1) is 0 Å². The van der Waals surface area contributed by atoms with Crippen LogP contribution in [0.15, 0.2) is 53.5 Å². The fourth-order valence-corrected chi connectivity index (χ4v) is 1.78. The van der Waals surface area contributed by atoms with Crippen LogP contribution in [-0.2, 0) is 6.18 Å². The Kier molecular flexibility index (Phi) is 4.25. The number of aliphatic imine (C=N–C) groups is 1. The van der Waals surface area contributed by atoms with Gasteiger partial charge in [-0.1, -0.05) is 30.3 Å². The summed E-state index contributed by atoms with van der Waals surface area (Å²) in [7, 11) is 0. The Morgan fingerprint density at radius 1 is 1.05 bits per heavy atom. The van der Waals surface area contributed by atoms with Crippen molar-refractivity contribution in [1.29, 1.82) is 0 Å². The molecule has 0 aliphatic carbocycles. The fraction of sp³-hybridized carbons (Fsp3) is 0.0667. The van der Waals surface area contributed by atoms with E-state index in [1.807, 2.05) is 0 Å². The minimum Gasteiger partial charge on any atom is -0.478 e. The standard InChI is InChI=1S/C15H9F4NO2/c16-13(9-4-2-1-3-5-9)20-10-6-7-11(14(21)22)12(8-10)15(17,18)19/h1-8H,(H,21,22). The third-order valence-corrected chi connectivity index (χ3v) is 2.78. The number of aromatic carboxylic acids is 1. The number of hydrogen-bond acceptors (Lipinski definition) is 2. The molecule has 0 saturated carbocycles. The van der Waals surface area contributed by atoms with Gasteiger partial charge in [0.2, 0.25) is 5.97 Å². The molecule has 0 aromatic heterocycles. The molecule has 3 nitrogen and oxygen atoms in total. The Morgan fingerprint density at radius 2 is 1.68 bits per heavy atom. The van der Waals surface area contributed by atoms with Crippen LogP contribution in [0.3, 0.4) is 0 Å². The van der Waals surface area contributed by atoms with Crippen molar-refractivity contribution in [3.63, 3.8) is 0 Å². The Labute approximate surface area is 122 Å². The first-order valence-electron chi connectivity index (χ1n) is 6.03. The maximum Gasteiger partial charge on any atom is 0.417 e. The first-order valence-corrected chi connectivity index (χ1v) is 6.03. The van der Waals surface area contributed by atoms with E-state index in [0.717, 1.165) is 12.1 Å². The molecule has 2 aromatic carbocycles. The number of alkyl halides is 3. The molecule has 7 heteroatoms. The highest BCUT2D eigenvalue weighted by atomic mass is 19.4. The number of nitrogens with zero attached hydrogens (tertiary/aromatic N) is 1. The van der Waals surface area contributed by atoms with E-state index >= 15 is 0 Å². The number of halogens is 4. The lowest BCUT2D eigenvalue weighted by Gasteiger charge is -2.10. The van der Waals surface area contributed by atoms with Gasteiger partial charge >= 0.3 is 12.1 Å². The van der Waals surface area contributed by atoms with Crippen LogP contribution in [0.5, 0.6) is 0 Å². The van der Waals surface area contributed by atoms with Gasteiger partial charge in [0.05, 0.1) is 16.8 Å². The summed E-state index contributed by atoms with van der Waals surface area (Å²) >= 11 is 0. The number of carbonyl (C=O) groups is 1. The van der Waals surface area contributed by atoms with E-state index in [2.05, 4.69) is 4.99 Å². The van der Waals surface area contributed by atoms with Gasteiger partial charge in [-0.2, -0.15) is 17.6 Å². The van der Waals surface area contributed by atoms with Crippen molar-refractivity contribution >= 4 is 17.6 Å². The summed E-state index contributed by atoms with van der Waals surface area (Å²) in [5.41, 5.74) is -2.49. The molecular formula is C15H9F4NO2. The Morgan fingerprint density at radius 3 is 2.23 bits per heavy atom. The number of benzene rings is 2. The first-order chi connectivity index (χ1) is 10.3. The molecule has 0 bridgehead atoms. The molecule has 0 heterocycles. The molecule has 0 spiro atoms. The first kappa shape index (κ1) is 15.7. The number of carboxylic acids is 1. The summed E-state index contributed by atoms with van der Waals surface area (Å²) in [5, 5.41) is 8.77. The van der Waals surface area contributed by atoms with Gasteiger partial charge < -0.3 is 5.11 Å². The van der Waals surface area contributed by atoms with Gasteiger partial charge in [0.15, 0.2) is 0 Å². The minimum atomic E-state index is -4.87. The molecule has 0 aliphatic rings. The van der Waals surface area contributed by atoms with E-state index in [0.29, 0.717) is 6.07 Å². The lowest BCUT2D eigenvalue weighted by atomic mass is 10.1. The molecule has 0 fully saturated rings. The SMILES string of the molecule is O=C(O)c1ccc(N=C(F)c2ccccc2)cc1C(F)(F)F. The second-order valence-electron chi connectivity index (χ2n) is 4.30. The van der Waals surface area contributed by atoms with Crippen LogP contribution in [0.2, 0.25) is 0 Å². The zero-order valence-electron chi connectivity index (χ0n) is 10.9. The molecule has 1 N–H and O–H groups in total. The summed E-state index contributed by atoms with van der Waals surface area (Å²) in [4.78, 5) is 14.3. The van der Waals surface area contributed by atoms with Crippen LogP contribution in [0.1, 0.15) is 21.5 Å². The predicted molar refractivity (Wildman–Crippen MR) is 72.2 cm³/mol. The van der Waals surface area contributed by atoms with Gasteiger partial charge in [-0.05, 0) is 18.2 Å². The summed E-state index contributed by atoms with van der Waals surface area (Å²) in [5.74, 6) is -2.68. The van der Waals surface area contributed by atoms with Crippen molar-refractivity contribution in [2.75, 3.05) is 0 Å². The second kappa shape index (κ2) is 5.97. The van der Waals surface area contributed by atoms with Crippen LogP contribution in [-0.4, -0.2) is 17.0 Å². The van der Waals surface area contributed by atoms with Crippen LogP contribution < -0.4 is 0 Å². The smallest absolute Gasteiger partial charge is 0.417 e. The highest BCUT2D eigenvalue weighted by Crippen LogP contribution is 2.34. The normalized spacial score (nSPS) is 12.3. The number of hydrogen-bond donors (Lipinski definition) is 1. The molecule has 0 atom stereocenters. The Bertz CT molecular complexity index is 724. The van der Waals surface area contributed by atoms with E-state index in [-0.39, 0.29) is 11.3 Å². The largest absolute Gasteiger partial charge is 0.478 e. The van der Waals surface area contributed by atoms with E-state index in [1.54, 1.807) is 18.2 Å². The topological polar surface area (TPSA) is 49.7 Å². The molecule has 0 unspecified atom stereocenters. The van der Waals surface area contributed by atoms with Crippen molar-refractivity contribution in [3.8, 4) is 0 Å². The number of rotatable bonds is 3. The molecule has 2 rings (SSSR count). The van der Waals surface area contributed by atoms with E-state index in [9.17, 15) is 22.4 Å². The predicted octanol–water partition coefficient (Wildman–Crippen LogP) is 4.45.